The molecule has 0 saturated carbocycles. The second-order valence-electron chi connectivity index (χ2n) is 4.46. The molecule has 96 valence electrons. The van der Waals surface area contributed by atoms with Crippen LogP contribution in [0, 0.1) is 5.92 Å². The maximum Gasteiger partial charge on any atom is 0.285 e. The van der Waals surface area contributed by atoms with Gasteiger partial charge in [-0.15, -0.1) is 0 Å². The molecule has 1 rings (SSSR count). The molecular weight excluding hydrogens is 224 g/mol. The van der Waals surface area contributed by atoms with E-state index in [9.17, 15) is 8.78 Å². The van der Waals surface area contributed by atoms with Crippen molar-refractivity contribution in [3.05, 3.63) is 29.8 Å². The fourth-order valence-electron chi connectivity index (χ4n) is 1.47. The van der Waals surface area contributed by atoms with E-state index >= 15 is 0 Å². The molecule has 1 N–H and O–H groups in total. The fourth-order valence-corrected chi connectivity index (χ4v) is 1.47. The Kier molecular flexibility index (Phi) is 4.87. The number of benzene rings is 1. The van der Waals surface area contributed by atoms with Gasteiger partial charge in [0.2, 0.25) is 0 Å². The Morgan fingerprint density at radius 1 is 1.35 bits per heavy atom. The summed E-state index contributed by atoms with van der Waals surface area (Å²) < 4.78 is 32.5. The Balaban J connectivity index is 2.67. The van der Waals surface area contributed by atoms with E-state index in [4.69, 9.17) is 4.74 Å². The van der Waals surface area contributed by atoms with E-state index in [2.05, 4.69) is 5.32 Å². The zero-order valence-electron chi connectivity index (χ0n) is 10.5. The summed E-state index contributed by atoms with van der Waals surface area (Å²) in [5.41, 5.74) is -0.0203. The highest BCUT2D eigenvalue weighted by molar-refractivity contribution is 5.31. The molecule has 4 heteroatoms. The van der Waals surface area contributed by atoms with Crippen LogP contribution in [0.3, 0.4) is 0 Å². The minimum absolute atomic E-state index is 0.0203. The van der Waals surface area contributed by atoms with E-state index in [1.165, 1.54) is 19.2 Å². The maximum absolute atomic E-state index is 13.8. The van der Waals surface area contributed by atoms with Crippen LogP contribution >= 0.6 is 0 Å². The molecule has 0 aromatic heterocycles. The molecule has 0 aliphatic carbocycles. The highest BCUT2D eigenvalue weighted by atomic mass is 19.3. The molecule has 17 heavy (non-hydrogen) atoms. The van der Waals surface area contributed by atoms with Crippen molar-refractivity contribution < 1.29 is 13.5 Å². The maximum atomic E-state index is 13.8. The Morgan fingerprint density at radius 2 is 2.06 bits per heavy atom. The van der Waals surface area contributed by atoms with Gasteiger partial charge < -0.3 is 10.1 Å². The molecule has 0 fully saturated rings. The number of hydrogen-bond acceptors (Lipinski definition) is 2. The molecule has 0 amide bonds. The lowest BCUT2D eigenvalue weighted by molar-refractivity contribution is -0.00371. The van der Waals surface area contributed by atoms with E-state index in [0.29, 0.717) is 18.2 Å². The molecule has 2 nitrogen and oxygen atoms in total. The first-order valence-electron chi connectivity index (χ1n) is 5.69. The monoisotopic (exact) mass is 243 g/mol. The van der Waals surface area contributed by atoms with Crippen LogP contribution in [-0.2, 0) is 5.92 Å². The number of nitrogens with one attached hydrogen (secondary N) is 1. The molecular formula is C13H19F2NO. The Labute approximate surface area is 101 Å². The zero-order valence-corrected chi connectivity index (χ0v) is 10.5. The van der Waals surface area contributed by atoms with E-state index in [0.717, 1.165) is 0 Å². The van der Waals surface area contributed by atoms with Gasteiger partial charge in [0.1, 0.15) is 5.75 Å². The van der Waals surface area contributed by atoms with Gasteiger partial charge in [-0.1, -0.05) is 26.0 Å². The zero-order chi connectivity index (χ0) is 12.9. The smallest absolute Gasteiger partial charge is 0.285 e. The van der Waals surface area contributed by atoms with Gasteiger partial charge in [0.25, 0.3) is 5.92 Å². The van der Waals surface area contributed by atoms with Crippen LogP contribution in [0.15, 0.2) is 24.3 Å². The SMILES string of the molecule is COc1cccc(C(F)(F)CNCC(C)C)c1. The Hall–Kier alpha value is -1.16. The molecule has 0 saturated heterocycles. The third-order valence-corrected chi connectivity index (χ3v) is 2.39. The summed E-state index contributed by atoms with van der Waals surface area (Å²) in [6.07, 6.45) is 0. The number of hydrogen-bond donors (Lipinski definition) is 1. The van der Waals surface area contributed by atoms with E-state index < -0.39 is 5.92 Å². The second kappa shape index (κ2) is 5.96. The average molecular weight is 243 g/mol. The third kappa shape index (κ3) is 4.30. The van der Waals surface area contributed by atoms with Gasteiger partial charge >= 0.3 is 0 Å². The Bertz CT molecular complexity index is 353. The van der Waals surface area contributed by atoms with Crippen molar-refractivity contribution >= 4 is 0 Å². The minimum atomic E-state index is -2.87. The molecule has 1 aromatic carbocycles. The van der Waals surface area contributed by atoms with Crippen LogP contribution in [-0.4, -0.2) is 20.2 Å². The summed E-state index contributed by atoms with van der Waals surface area (Å²) in [4.78, 5) is 0. The fraction of sp³-hybridized carbons (Fsp3) is 0.538. The quantitative estimate of drug-likeness (QED) is 0.829. The highest BCUT2D eigenvalue weighted by Crippen LogP contribution is 2.29. The summed E-state index contributed by atoms with van der Waals surface area (Å²) in [7, 11) is 1.47. The third-order valence-electron chi connectivity index (χ3n) is 2.39. The van der Waals surface area contributed by atoms with Gasteiger partial charge in [-0.2, -0.15) is 8.78 Å². The topological polar surface area (TPSA) is 21.3 Å². The van der Waals surface area contributed by atoms with Crippen molar-refractivity contribution in [2.24, 2.45) is 5.92 Å². The van der Waals surface area contributed by atoms with Crippen molar-refractivity contribution in [1.82, 2.24) is 5.32 Å². The first-order chi connectivity index (χ1) is 7.95. The van der Waals surface area contributed by atoms with Crippen molar-refractivity contribution in [3.8, 4) is 5.75 Å². The largest absolute Gasteiger partial charge is 0.497 e. The summed E-state index contributed by atoms with van der Waals surface area (Å²) in [6.45, 7) is 4.20. The van der Waals surface area contributed by atoms with Crippen LogP contribution in [0.4, 0.5) is 8.78 Å². The van der Waals surface area contributed by atoms with E-state index in [-0.39, 0.29) is 12.1 Å². The molecule has 1 aromatic rings. The molecule has 0 aliphatic rings. The van der Waals surface area contributed by atoms with Crippen molar-refractivity contribution in [3.63, 3.8) is 0 Å². The number of alkyl halides is 2. The molecule has 0 atom stereocenters. The second-order valence-corrected chi connectivity index (χ2v) is 4.46. The normalized spacial score (nSPS) is 11.9. The van der Waals surface area contributed by atoms with E-state index in [1.54, 1.807) is 12.1 Å². The van der Waals surface area contributed by atoms with Gasteiger partial charge in [-0.05, 0) is 24.6 Å². The van der Waals surface area contributed by atoms with Crippen molar-refractivity contribution in [1.29, 1.82) is 0 Å². The summed E-state index contributed by atoms with van der Waals surface area (Å²) in [5.74, 6) is -2.06. The van der Waals surface area contributed by atoms with Crippen LogP contribution in [0.1, 0.15) is 19.4 Å². The first kappa shape index (κ1) is 13.9. The number of rotatable bonds is 6. The number of methoxy groups -OCH3 is 1. The molecule has 0 heterocycles. The van der Waals surface area contributed by atoms with Gasteiger partial charge in [0.05, 0.1) is 13.7 Å². The number of halogens is 2. The van der Waals surface area contributed by atoms with Crippen LogP contribution < -0.4 is 10.1 Å². The van der Waals surface area contributed by atoms with Crippen LogP contribution in [0.5, 0.6) is 5.75 Å². The predicted molar refractivity (Wildman–Crippen MR) is 64.6 cm³/mol. The van der Waals surface area contributed by atoms with Gasteiger partial charge in [0, 0.05) is 5.56 Å². The molecule has 0 spiro atoms. The average Bonchev–Trinajstić information content (AvgIpc) is 2.28. The molecule has 0 radical (unpaired) electrons. The lowest BCUT2D eigenvalue weighted by Crippen LogP contribution is -2.32. The summed E-state index contributed by atoms with van der Waals surface area (Å²) >= 11 is 0. The molecule has 0 unspecified atom stereocenters. The standard InChI is InChI=1S/C13H19F2NO/c1-10(2)8-16-9-13(14,15)11-5-4-6-12(7-11)17-3/h4-7,10,16H,8-9H2,1-3H3. The molecule has 0 aliphatic heterocycles. The highest BCUT2D eigenvalue weighted by Gasteiger charge is 2.31. The summed E-state index contributed by atoms with van der Waals surface area (Å²) in [5, 5.41) is 2.77. The summed E-state index contributed by atoms with van der Waals surface area (Å²) in [6, 6.07) is 6.02. The van der Waals surface area contributed by atoms with Crippen LogP contribution in [0.2, 0.25) is 0 Å². The van der Waals surface area contributed by atoms with Crippen LogP contribution in [0.25, 0.3) is 0 Å². The lowest BCUT2D eigenvalue weighted by Gasteiger charge is -2.18. The first-order valence-corrected chi connectivity index (χ1v) is 5.69. The lowest BCUT2D eigenvalue weighted by atomic mass is 10.1. The predicted octanol–water partition coefficient (Wildman–Crippen LogP) is 3.03. The van der Waals surface area contributed by atoms with E-state index in [1.807, 2.05) is 13.8 Å². The number of ether oxygens (including phenoxy) is 1. The van der Waals surface area contributed by atoms with Crippen molar-refractivity contribution in [2.45, 2.75) is 19.8 Å². The van der Waals surface area contributed by atoms with Gasteiger partial charge in [-0.3, -0.25) is 0 Å². The van der Waals surface area contributed by atoms with Gasteiger partial charge in [-0.25, -0.2) is 0 Å². The molecule has 0 bridgehead atoms. The minimum Gasteiger partial charge on any atom is -0.497 e. The Morgan fingerprint density at radius 3 is 2.65 bits per heavy atom. The van der Waals surface area contributed by atoms with Gasteiger partial charge in [0.15, 0.2) is 0 Å². The van der Waals surface area contributed by atoms with Crippen molar-refractivity contribution in [2.75, 3.05) is 20.2 Å².